The lowest BCUT2D eigenvalue weighted by Crippen LogP contribution is -2.49. The maximum atomic E-state index is 12.9. The van der Waals surface area contributed by atoms with Crippen molar-refractivity contribution in [2.75, 3.05) is 19.7 Å². The third-order valence-electron chi connectivity index (χ3n) is 5.45. The van der Waals surface area contributed by atoms with Crippen LogP contribution >= 0.6 is 0 Å². The van der Waals surface area contributed by atoms with Crippen LogP contribution in [0.25, 0.3) is 0 Å². The number of nitrogens with zero attached hydrogens (tertiary/aromatic N) is 1. The zero-order valence-corrected chi connectivity index (χ0v) is 12.5. The van der Waals surface area contributed by atoms with E-state index in [4.69, 9.17) is 4.74 Å². The van der Waals surface area contributed by atoms with E-state index in [1.54, 1.807) is 0 Å². The molecule has 2 unspecified atom stereocenters. The van der Waals surface area contributed by atoms with Gasteiger partial charge in [-0.15, -0.1) is 0 Å². The summed E-state index contributed by atoms with van der Waals surface area (Å²) in [4.78, 5) is 15.3. The summed E-state index contributed by atoms with van der Waals surface area (Å²) in [7, 11) is 0. The Hall–Kier alpha value is -1.19. The summed E-state index contributed by atoms with van der Waals surface area (Å²) in [6.07, 6.45) is 5.95. The van der Waals surface area contributed by atoms with E-state index in [-0.39, 0.29) is 11.9 Å². The number of carbonyl (C=O) groups is 1. The summed E-state index contributed by atoms with van der Waals surface area (Å²) < 4.78 is 5.90. The number of Topliss-reactive ketones (excluding diaryl/α,β-unsaturated/α-hetero) is 1. The molecule has 3 aliphatic rings. The number of benzene rings is 1. The number of morpholine rings is 1. The predicted octanol–water partition coefficient (Wildman–Crippen LogP) is 3.00. The van der Waals surface area contributed by atoms with Gasteiger partial charge < -0.3 is 4.74 Å². The standard InChI is InChI=1S/C18H23NO2/c20-18(17-11-19-10-4-7-14(19)12-21-17)16-9-2-1-8-15(16)13-5-3-6-13/h1-2,8-9,13-14,17H,3-7,10-12H2. The van der Waals surface area contributed by atoms with Crippen molar-refractivity contribution < 1.29 is 9.53 Å². The molecule has 1 aromatic rings. The Bertz CT molecular complexity index is 538. The molecule has 3 fully saturated rings. The van der Waals surface area contributed by atoms with Gasteiger partial charge in [-0.05, 0) is 43.7 Å². The number of ketones is 1. The normalized spacial score (nSPS) is 29.9. The Labute approximate surface area is 126 Å². The van der Waals surface area contributed by atoms with Crippen LogP contribution in [0.3, 0.4) is 0 Å². The smallest absolute Gasteiger partial charge is 0.193 e. The molecule has 21 heavy (non-hydrogen) atoms. The van der Waals surface area contributed by atoms with Gasteiger partial charge in [0.25, 0.3) is 0 Å². The molecule has 2 heterocycles. The molecule has 0 spiro atoms. The van der Waals surface area contributed by atoms with E-state index in [1.165, 1.54) is 37.7 Å². The van der Waals surface area contributed by atoms with E-state index < -0.39 is 0 Å². The predicted molar refractivity (Wildman–Crippen MR) is 81.7 cm³/mol. The first-order valence-corrected chi connectivity index (χ1v) is 8.32. The molecule has 112 valence electrons. The second-order valence-electron chi connectivity index (χ2n) is 6.69. The van der Waals surface area contributed by atoms with Crippen LogP contribution in [0.2, 0.25) is 0 Å². The van der Waals surface area contributed by atoms with Gasteiger partial charge in [0.15, 0.2) is 5.78 Å². The van der Waals surface area contributed by atoms with Gasteiger partial charge in [-0.3, -0.25) is 9.69 Å². The van der Waals surface area contributed by atoms with Gasteiger partial charge in [-0.25, -0.2) is 0 Å². The second kappa shape index (κ2) is 5.54. The van der Waals surface area contributed by atoms with E-state index >= 15 is 0 Å². The van der Waals surface area contributed by atoms with E-state index in [0.717, 1.165) is 25.3 Å². The summed E-state index contributed by atoms with van der Waals surface area (Å²) in [6.45, 7) is 2.63. The van der Waals surface area contributed by atoms with Crippen LogP contribution < -0.4 is 0 Å². The van der Waals surface area contributed by atoms with Crippen molar-refractivity contribution in [3.63, 3.8) is 0 Å². The molecule has 0 amide bonds. The van der Waals surface area contributed by atoms with Crippen LogP contribution in [0.1, 0.15) is 53.9 Å². The highest BCUT2D eigenvalue weighted by Gasteiger charge is 2.36. The molecule has 3 nitrogen and oxygen atoms in total. The molecule has 1 aliphatic carbocycles. The van der Waals surface area contributed by atoms with Crippen molar-refractivity contribution in [1.29, 1.82) is 0 Å². The van der Waals surface area contributed by atoms with Crippen LogP contribution in [-0.2, 0) is 4.74 Å². The third kappa shape index (κ3) is 2.43. The molecular formula is C18H23NO2. The second-order valence-corrected chi connectivity index (χ2v) is 6.69. The summed E-state index contributed by atoms with van der Waals surface area (Å²) in [6, 6.07) is 8.73. The topological polar surface area (TPSA) is 29.5 Å². The number of rotatable bonds is 3. The fraction of sp³-hybridized carbons (Fsp3) is 0.611. The minimum Gasteiger partial charge on any atom is -0.367 e. The minimum absolute atomic E-state index is 0.197. The zero-order valence-electron chi connectivity index (χ0n) is 12.5. The van der Waals surface area contributed by atoms with Gasteiger partial charge in [0.1, 0.15) is 6.10 Å². The van der Waals surface area contributed by atoms with Crippen LogP contribution in [0, 0.1) is 0 Å². The number of carbonyl (C=O) groups excluding carboxylic acids is 1. The fourth-order valence-corrected chi connectivity index (χ4v) is 3.95. The fourth-order valence-electron chi connectivity index (χ4n) is 3.95. The Morgan fingerprint density at radius 3 is 2.81 bits per heavy atom. The number of hydrogen-bond donors (Lipinski definition) is 0. The molecule has 0 radical (unpaired) electrons. The number of fused-ring (bicyclic) bond motifs is 1. The molecular weight excluding hydrogens is 262 g/mol. The molecule has 4 rings (SSSR count). The lowest BCUT2D eigenvalue weighted by Gasteiger charge is -2.35. The molecule has 0 bridgehead atoms. The van der Waals surface area contributed by atoms with Crippen molar-refractivity contribution in [2.45, 2.75) is 50.2 Å². The summed E-state index contributed by atoms with van der Waals surface area (Å²) in [5.74, 6) is 0.788. The van der Waals surface area contributed by atoms with Crippen LogP contribution in [0.15, 0.2) is 24.3 Å². The molecule has 1 saturated carbocycles. The molecule has 3 heteroatoms. The quantitative estimate of drug-likeness (QED) is 0.800. The highest BCUT2D eigenvalue weighted by atomic mass is 16.5. The third-order valence-corrected chi connectivity index (χ3v) is 5.45. The lowest BCUT2D eigenvalue weighted by atomic mass is 9.77. The first-order valence-electron chi connectivity index (χ1n) is 8.32. The lowest BCUT2D eigenvalue weighted by molar-refractivity contribution is -0.0345. The maximum absolute atomic E-state index is 12.9. The van der Waals surface area contributed by atoms with Gasteiger partial charge in [0, 0.05) is 18.2 Å². The van der Waals surface area contributed by atoms with Crippen LogP contribution in [0.5, 0.6) is 0 Å². The average Bonchev–Trinajstić information content (AvgIpc) is 2.92. The summed E-state index contributed by atoms with van der Waals surface area (Å²) >= 11 is 0. The Morgan fingerprint density at radius 1 is 1.14 bits per heavy atom. The molecule has 2 atom stereocenters. The van der Waals surface area contributed by atoms with Crippen molar-refractivity contribution in [2.24, 2.45) is 0 Å². The van der Waals surface area contributed by atoms with Gasteiger partial charge in [0.2, 0.25) is 0 Å². The van der Waals surface area contributed by atoms with Crippen molar-refractivity contribution >= 4 is 5.78 Å². The van der Waals surface area contributed by atoms with Gasteiger partial charge >= 0.3 is 0 Å². The highest BCUT2D eigenvalue weighted by Crippen LogP contribution is 2.38. The van der Waals surface area contributed by atoms with E-state index in [9.17, 15) is 4.79 Å². The van der Waals surface area contributed by atoms with E-state index in [1.807, 2.05) is 12.1 Å². The van der Waals surface area contributed by atoms with Crippen molar-refractivity contribution in [3.05, 3.63) is 35.4 Å². The molecule has 2 saturated heterocycles. The van der Waals surface area contributed by atoms with Crippen molar-refractivity contribution in [3.8, 4) is 0 Å². The molecule has 2 aliphatic heterocycles. The minimum atomic E-state index is -0.263. The highest BCUT2D eigenvalue weighted by molar-refractivity contribution is 6.01. The molecule has 1 aromatic carbocycles. The molecule has 0 N–H and O–H groups in total. The number of ether oxygens (including phenoxy) is 1. The number of hydrogen-bond acceptors (Lipinski definition) is 3. The van der Waals surface area contributed by atoms with Gasteiger partial charge in [-0.2, -0.15) is 0 Å². The van der Waals surface area contributed by atoms with Gasteiger partial charge in [0.05, 0.1) is 6.61 Å². The van der Waals surface area contributed by atoms with Crippen LogP contribution in [0.4, 0.5) is 0 Å². The molecule has 0 aromatic heterocycles. The monoisotopic (exact) mass is 285 g/mol. The summed E-state index contributed by atoms with van der Waals surface area (Å²) in [5.41, 5.74) is 2.16. The first kappa shape index (κ1) is 13.5. The van der Waals surface area contributed by atoms with E-state index in [2.05, 4.69) is 17.0 Å². The van der Waals surface area contributed by atoms with Crippen molar-refractivity contribution in [1.82, 2.24) is 4.90 Å². The van der Waals surface area contributed by atoms with Gasteiger partial charge in [-0.1, -0.05) is 30.7 Å². The maximum Gasteiger partial charge on any atom is 0.193 e. The zero-order chi connectivity index (χ0) is 14.2. The van der Waals surface area contributed by atoms with E-state index in [0.29, 0.717) is 12.0 Å². The first-order chi connectivity index (χ1) is 10.3. The SMILES string of the molecule is O=C(c1ccccc1C1CCC1)C1CN2CCCC2CO1. The Kier molecular flexibility index (Phi) is 3.56. The summed E-state index contributed by atoms with van der Waals surface area (Å²) in [5, 5.41) is 0. The Morgan fingerprint density at radius 2 is 2.00 bits per heavy atom. The van der Waals surface area contributed by atoms with Crippen LogP contribution in [-0.4, -0.2) is 42.5 Å². The largest absolute Gasteiger partial charge is 0.367 e. The Balaban J connectivity index is 1.54. The average molecular weight is 285 g/mol.